The second-order valence-electron chi connectivity index (χ2n) is 9.81. The Kier molecular flexibility index (Phi) is 24.3. The van der Waals surface area contributed by atoms with Crippen LogP contribution in [0.3, 0.4) is 0 Å². The van der Waals surface area contributed by atoms with Crippen LogP contribution < -0.4 is 5.73 Å². The first-order valence-electron chi connectivity index (χ1n) is 14.7. The fourth-order valence-electron chi connectivity index (χ4n) is 3.76. The summed E-state index contributed by atoms with van der Waals surface area (Å²) in [5.74, 6) is -3.27. The molecule has 0 spiro atoms. The summed E-state index contributed by atoms with van der Waals surface area (Å²) in [7, 11) is -4.48. The van der Waals surface area contributed by atoms with E-state index in [1.165, 1.54) is 57.8 Å². The van der Waals surface area contributed by atoms with Gasteiger partial charge in [0.05, 0.1) is 19.6 Å². The van der Waals surface area contributed by atoms with Gasteiger partial charge in [-0.3, -0.25) is 23.4 Å². The van der Waals surface area contributed by atoms with Crippen molar-refractivity contribution in [1.82, 2.24) is 0 Å². The van der Waals surface area contributed by atoms with Gasteiger partial charge in [-0.05, 0) is 12.5 Å². The minimum atomic E-state index is -4.48. The van der Waals surface area contributed by atoms with Gasteiger partial charge in [0.15, 0.2) is 11.9 Å². The summed E-state index contributed by atoms with van der Waals surface area (Å²) in [5, 5.41) is 8.55. The van der Waals surface area contributed by atoms with Crippen molar-refractivity contribution in [1.29, 1.82) is 0 Å². The number of ether oxygens (including phenoxy) is 2. The van der Waals surface area contributed by atoms with E-state index in [4.69, 9.17) is 24.8 Å². The maximum atomic E-state index is 12.2. The molecule has 0 saturated carbocycles. The van der Waals surface area contributed by atoms with E-state index in [0.29, 0.717) is 12.5 Å². The van der Waals surface area contributed by atoms with Crippen LogP contribution in [0.2, 0.25) is 0 Å². The molecule has 0 bridgehead atoms. The number of carbonyl (C=O) groups excluding carboxylic acids is 3. The zero-order valence-corrected chi connectivity index (χ0v) is 25.4. The number of esters is 2. The van der Waals surface area contributed by atoms with Gasteiger partial charge in [-0.1, -0.05) is 84.0 Å². The molecule has 0 heterocycles. The molecule has 12 nitrogen and oxygen atoms in total. The van der Waals surface area contributed by atoms with Gasteiger partial charge in [0.25, 0.3) is 0 Å². The quantitative estimate of drug-likeness (QED) is 0.0467. The number of carboxylic acid groups (broad SMARTS) is 1. The van der Waals surface area contributed by atoms with Crippen LogP contribution in [0.1, 0.15) is 110 Å². The Hall–Kier alpha value is -2.11. The number of hydrogen-bond acceptors (Lipinski definition) is 10. The van der Waals surface area contributed by atoms with E-state index in [0.717, 1.165) is 25.3 Å². The van der Waals surface area contributed by atoms with E-state index in [9.17, 15) is 28.6 Å². The van der Waals surface area contributed by atoms with E-state index < -0.39 is 50.8 Å². The van der Waals surface area contributed by atoms with Gasteiger partial charge in [-0.25, -0.2) is 9.36 Å². The molecule has 0 rings (SSSR count). The number of carbonyl (C=O) groups is 4. The van der Waals surface area contributed by atoms with Gasteiger partial charge >= 0.3 is 25.7 Å². The minimum Gasteiger partial charge on any atom is -0.478 e. The number of phosphoric acid groups is 1. The van der Waals surface area contributed by atoms with Crippen LogP contribution in [0.5, 0.6) is 0 Å². The highest BCUT2D eigenvalue weighted by Crippen LogP contribution is 2.43. The third-order valence-electron chi connectivity index (χ3n) is 6.00. The van der Waals surface area contributed by atoms with Crippen LogP contribution >= 0.6 is 7.82 Å². The van der Waals surface area contributed by atoms with Gasteiger partial charge in [0.1, 0.15) is 6.61 Å². The predicted octanol–water partition coefficient (Wildman–Crippen LogP) is 5.01. The van der Waals surface area contributed by atoms with Crippen LogP contribution in [-0.4, -0.2) is 66.2 Å². The third kappa shape index (κ3) is 26.5. The fourth-order valence-corrected chi connectivity index (χ4v) is 4.53. The monoisotopic (exact) mass is 607 g/mol. The Morgan fingerprint density at radius 1 is 0.756 bits per heavy atom. The van der Waals surface area contributed by atoms with Gasteiger partial charge in [-0.2, -0.15) is 0 Å². The van der Waals surface area contributed by atoms with E-state index in [-0.39, 0.29) is 32.4 Å². The van der Waals surface area contributed by atoms with Crippen molar-refractivity contribution in [3.8, 4) is 0 Å². The summed E-state index contributed by atoms with van der Waals surface area (Å²) in [4.78, 5) is 56.1. The molecule has 4 N–H and O–H groups in total. The van der Waals surface area contributed by atoms with E-state index in [1.54, 1.807) is 0 Å². The van der Waals surface area contributed by atoms with Crippen LogP contribution in [0.15, 0.2) is 12.2 Å². The van der Waals surface area contributed by atoms with Crippen molar-refractivity contribution in [2.24, 2.45) is 5.73 Å². The third-order valence-corrected chi connectivity index (χ3v) is 6.98. The Bertz CT molecular complexity index is 819. The van der Waals surface area contributed by atoms with Crippen LogP contribution in [-0.2, 0) is 42.3 Å². The molecule has 13 heteroatoms. The summed E-state index contributed by atoms with van der Waals surface area (Å²) in [5.41, 5.74) is 5.24. The molecule has 0 aromatic rings. The molecular weight excluding hydrogens is 557 g/mol. The summed E-state index contributed by atoms with van der Waals surface area (Å²) in [6.45, 7) is 0.932. The molecule has 1 unspecified atom stereocenters. The van der Waals surface area contributed by atoms with E-state index in [1.807, 2.05) is 0 Å². The summed E-state index contributed by atoms with van der Waals surface area (Å²) in [6.07, 6.45) is 15.0. The second kappa shape index (κ2) is 25.6. The molecule has 0 radical (unpaired) electrons. The molecule has 238 valence electrons. The molecule has 0 saturated heterocycles. The lowest BCUT2D eigenvalue weighted by molar-refractivity contribution is -0.161. The van der Waals surface area contributed by atoms with Gasteiger partial charge in [0, 0.05) is 25.5 Å². The predicted molar refractivity (Wildman–Crippen MR) is 153 cm³/mol. The van der Waals surface area contributed by atoms with Crippen molar-refractivity contribution < 1.29 is 52.3 Å². The average molecular weight is 608 g/mol. The Morgan fingerprint density at radius 3 is 1.85 bits per heavy atom. The number of carboxylic acids is 1. The largest absolute Gasteiger partial charge is 0.478 e. The van der Waals surface area contributed by atoms with Crippen LogP contribution in [0, 0.1) is 0 Å². The summed E-state index contributed by atoms with van der Waals surface area (Å²) in [6, 6.07) is 0. The number of ketones is 1. The number of phosphoric ester groups is 1. The van der Waals surface area contributed by atoms with Crippen molar-refractivity contribution in [3.05, 3.63) is 12.2 Å². The van der Waals surface area contributed by atoms with Gasteiger partial charge in [-0.15, -0.1) is 0 Å². The highest BCUT2D eigenvalue weighted by atomic mass is 31.2. The molecule has 2 atom stereocenters. The first-order chi connectivity index (χ1) is 19.6. The molecule has 0 aromatic heterocycles. The SMILES string of the molecule is CCCCCCCCCCCCCCCC(=O)OC[C@H](COP(=O)(O)OCCN)OC(=O)CCC(=O)/C=C/C(=O)O. The standard InChI is InChI=1S/C28H50NO11P/c1-2-3-4-5-6-7-8-9-10-11-12-13-14-15-27(33)37-22-25(23-39-41(35,36)38-21-20-29)40-28(34)19-17-24(30)16-18-26(31)32/h16,18,25H,2-15,17,19-23,29H2,1H3,(H,31,32)(H,35,36)/b18-16+/t25-/m1/s1. The Labute approximate surface area is 243 Å². The van der Waals surface area contributed by atoms with Crippen molar-refractivity contribution in [3.63, 3.8) is 0 Å². The Balaban J connectivity index is 4.36. The van der Waals surface area contributed by atoms with E-state index in [2.05, 4.69) is 11.4 Å². The van der Waals surface area contributed by atoms with E-state index >= 15 is 0 Å². The average Bonchev–Trinajstić information content (AvgIpc) is 2.93. The highest BCUT2D eigenvalue weighted by molar-refractivity contribution is 7.47. The molecule has 0 fully saturated rings. The molecule has 0 amide bonds. The molecule has 0 aliphatic heterocycles. The lowest BCUT2D eigenvalue weighted by atomic mass is 10.0. The number of nitrogens with two attached hydrogens (primary N) is 1. The lowest BCUT2D eigenvalue weighted by Gasteiger charge is -2.19. The zero-order chi connectivity index (χ0) is 30.8. The van der Waals surface area contributed by atoms with Gasteiger partial charge < -0.3 is 25.2 Å². The number of allylic oxidation sites excluding steroid dienone is 1. The highest BCUT2D eigenvalue weighted by Gasteiger charge is 2.26. The summed E-state index contributed by atoms with van der Waals surface area (Å²) >= 11 is 0. The topological polar surface area (TPSA) is 189 Å². The van der Waals surface area contributed by atoms with Crippen molar-refractivity contribution >= 4 is 31.5 Å². The maximum Gasteiger partial charge on any atom is 0.472 e. The lowest BCUT2D eigenvalue weighted by Crippen LogP contribution is -2.29. The first-order valence-corrected chi connectivity index (χ1v) is 16.2. The van der Waals surface area contributed by atoms with Crippen molar-refractivity contribution in [2.75, 3.05) is 26.4 Å². The molecule has 0 aliphatic rings. The van der Waals surface area contributed by atoms with Crippen molar-refractivity contribution in [2.45, 2.75) is 116 Å². The normalized spacial score (nSPS) is 13.5. The number of aliphatic carboxylic acids is 1. The smallest absolute Gasteiger partial charge is 0.472 e. The molecular formula is C28H50NO11P. The number of hydrogen-bond donors (Lipinski definition) is 3. The molecule has 41 heavy (non-hydrogen) atoms. The van der Waals surface area contributed by atoms with Crippen LogP contribution in [0.25, 0.3) is 0 Å². The number of unbranched alkanes of at least 4 members (excludes halogenated alkanes) is 12. The van der Waals surface area contributed by atoms with Gasteiger partial charge in [0.2, 0.25) is 0 Å². The Morgan fingerprint density at radius 2 is 1.32 bits per heavy atom. The zero-order valence-electron chi connectivity index (χ0n) is 24.5. The second-order valence-corrected chi connectivity index (χ2v) is 11.3. The first kappa shape index (κ1) is 38.9. The molecule has 0 aliphatic carbocycles. The molecule has 0 aromatic carbocycles. The maximum absolute atomic E-state index is 12.2. The number of rotatable bonds is 28. The van der Waals surface area contributed by atoms with Crippen LogP contribution in [0.4, 0.5) is 0 Å². The minimum absolute atomic E-state index is 0.0204. The fraction of sp³-hybridized carbons (Fsp3) is 0.786. The summed E-state index contributed by atoms with van der Waals surface area (Å²) < 4.78 is 31.7.